The Morgan fingerprint density at radius 3 is 2.53 bits per heavy atom. The van der Waals surface area contributed by atoms with Gasteiger partial charge in [-0.15, -0.1) is 0 Å². The van der Waals surface area contributed by atoms with Crippen molar-refractivity contribution in [3.63, 3.8) is 0 Å². The van der Waals surface area contributed by atoms with Crippen LogP contribution in [0.4, 0.5) is 4.79 Å². The first-order chi connectivity index (χ1) is 8.04. The van der Waals surface area contributed by atoms with Crippen LogP contribution in [0, 0.1) is 0 Å². The van der Waals surface area contributed by atoms with Crippen molar-refractivity contribution in [2.75, 3.05) is 27.4 Å². The largest absolute Gasteiger partial charge is 0.467 e. The van der Waals surface area contributed by atoms with Gasteiger partial charge in [-0.3, -0.25) is 0 Å². The highest BCUT2D eigenvalue weighted by atomic mass is 16.5. The first-order valence-corrected chi connectivity index (χ1v) is 5.43. The molecule has 0 atom stereocenters. The van der Waals surface area contributed by atoms with E-state index >= 15 is 0 Å². The summed E-state index contributed by atoms with van der Waals surface area (Å²) in [5.41, 5.74) is 4.68. The molecule has 0 aromatic carbocycles. The monoisotopic (exact) mass is 245 g/mol. The molecule has 1 fully saturated rings. The third-order valence-corrected chi connectivity index (χ3v) is 2.74. The first kappa shape index (κ1) is 13.7. The lowest BCUT2D eigenvalue weighted by molar-refractivity contribution is -0.152. The molecule has 7 nitrogen and oxygen atoms in total. The van der Waals surface area contributed by atoms with Crippen LogP contribution >= 0.6 is 0 Å². The summed E-state index contributed by atoms with van der Waals surface area (Å²) in [7, 11) is 2.83. The number of hydrogen-bond acceptors (Lipinski definition) is 5. The van der Waals surface area contributed by atoms with E-state index in [1.165, 1.54) is 7.11 Å². The van der Waals surface area contributed by atoms with E-state index in [4.69, 9.17) is 10.5 Å². The maximum absolute atomic E-state index is 11.6. The van der Waals surface area contributed by atoms with Crippen LogP contribution in [0.15, 0.2) is 0 Å². The molecular formula is C10H19N3O4. The number of hydrogen-bond donors (Lipinski definition) is 3. The van der Waals surface area contributed by atoms with Crippen molar-refractivity contribution < 1.29 is 19.1 Å². The molecule has 4 N–H and O–H groups in total. The maximum atomic E-state index is 11.6. The fraction of sp³-hybridized carbons (Fsp3) is 0.800. The minimum absolute atomic E-state index is 0.0756. The molecule has 0 aliphatic heterocycles. The number of nitrogens with two attached hydrogens (primary N) is 1. The van der Waals surface area contributed by atoms with Crippen molar-refractivity contribution in [1.82, 2.24) is 10.6 Å². The van der Waals surface area contributed by atoms with Crippen molar-refractivity contribution in [2.45, 2.75) is 24.4 Å². The molecule has 0 spiro atoms. The SMILES string of the molecule is COCCNC(=O)NC1(C(=O)OC)CC(N)C1. The lowest BCUT2D eigenvalue weighted by Gasteiger charge is -2.43. The summed E-state index contributed by atoms with van der Waals surface area (Å²) in [6.45, 7) is 0.795. The minimum Gasteiger partial charge on any atom is -0.467 e. The molecule has 0 radical (unpaired) electrons. The average molecular weight is 245 g/mol. The van der Waals surface area contributed by atoms with Crippen LogP contribution in [0.1, 0.15) is 12.8 Å². The predicted octanol–water partition coefficient (Wildman–Crippen LogP) is -1.04. The average Bonchev–Trinajstić information content (AvgIpc) is 2.25. The summed E-state index contributed by atoms with van der Waals surface area (Å²) in [5, 5.41) is 5.19. The van der Waals surface area contributed by atoms with Crippen LogP contribution in [0.5, 0.6) is 0 Å². The highest BCUT2D eigenvalue weighted by Gasteiger charge is 2.51. The van der Waals surface area contributed by atoms with Gasteiger partial charge in [-0.25, -0.2) is 9.59 Å². The van der Waals surface area contributed by atoms with Crippen molar-refractivity contribution >= 4 is 12.0 Å². The van der Waals surface area contributed by atoms with Gasteiger partial charge in [-0.1, -0.05) is 0 Å². The van der Waals surface area contributed by atoms with Gasteiger partial charge in [0, 0.05) is 19.7 Å². The Kier molecular flexibility index (Phi) is 4.71. The number of rotatable bonds is 5. The number of ether oxygens (including phenoxy) is 2. The highest BCUT2D eigenvalue weighted by molar-refractivity contribution is 5.88. The van der Waals surface area contributed by atoms with Gasteiger partial charge in [0.1, 0.15) is 5.54 Å². The first-order valence-electron chi connectivity index (χ1n) is 5.43. The van der Waals surface area contributed by atoms with Gasteiger partial charge in [-0.2, -0.15) is 0 Å². The number of nitrogens with one attached hydrogen (secondary N) is 2. The number of urea groups is 1. The molecule has 98 valence electrons. The quantitative estimate of drug-likeness (QED) is 0.424. The summed E-state index contributed by atoms with van der Waals surface area (Å²) >= 11 is 0. The smallest absolute Gasteiger partial charge is 0.331 e. The highest BCUT2D eigenvalue weighted by Crippen LogP contribution is 2.32. The van der Waals surface area contributed by atoms with Gasteiger partial charge < -0.3 is 25.8 Å². The predicted molar refractivity (Wildman–Crippen MR) is 60.4 cm³/mol. The van der Waals surface area contributed by atoms with E-state index in [0.29, 0.717) is 26.0 Å². The van der Waals surface area contributed by atoms with Gasteiger partial charge in [0.05, 0.1) is 13.7 Å². The Hall–Kier alpha value is -1.34. The Morgan fingerprint density at radius 1 is 1.41 bits per heavy atom. The van der Waals surface area contributed by atoms with Crippen molar-refractivity contribution in [3.8, 4) is 0 Å². The minimum atomic E-state index is -0.967. The number of methoxy groups -OCH3 is 2. The number of esters is 1. The molecular weight excluding hydrogens is 226 g/mol. The zero-order valence-electron chi connectivity index (χ0n) is 10.1. The molecule has 7 heteroatoms. The maximum Gasteiger partial charge on any atom is 0.331 e. The third-order valence-electron chi connectivity index (χ3n) is 2.74. The second-order valence-electron chi connectivity index (χ2n) is 4.12. The number of amides is 2. The van der Waals surface area contributed by atoms with Crippen molar-refractivity contribution in [3.05, 3.63) is 0 Å². The van der Waals surface area contributed by atoms with Crippen LogP contribution < -0.4 is 16.4 Å². The molecule has 2 amide bonds. The molecule has 17 heavy (non-hydrogen) atoms. The summed E-state index contributed by atoms with van der Waals surface area (Å²) < 4.78 is 9.46. The van der Waals surface area contributed by atoms with Crippen molar-refractivity contribution in [2.24, 2.45) is 5.73 Å². The molecule has 1 aliphatic carbocycles. The zero-order valence-corrected chi connectivity index (χ0v) is 10.1. The van der Waals surface area contributed by atoms with E-state index in [0.717, 1.165) is 0 Å². The second kappa shape index (κ2) is 5.83. The standard InChI is InChI=1S/C10H19N3O4/c1-16-4-3-12-9(15)13-10(8(14)17-2)5-7(11)6-10/h7H,3-6,11H2,1-2H3,(H2,12,13,15). The fourth-order valence-electron chi connectivity index (χ4n) is 1.88. The molecule has 0 aromatic heterocycles. The van der Waals surface area contributed by atoms with E-state index in [1.54, 1.807) is 7.11 Å². The zero-order chi connectivity index (χ0) is 12.9. The molecule has 0 unspecified atom stereocenters. The van der Waals surface area contributed by atoms with Crippen LogP contribution in [-0.4, -0.2) is 51.0 Å². The number of carbonyl (C=O) groups excluding carboxylic acids is 2. The lowest BCUT2D eigenvalue weighted by Crippen LogP contribution is -2.67. The second-order valence-corrected chi connectivity index (χ2v) is 4.12. The Morgan fingerprint density at radius 2 is 2.06 bits per heavy atom. The van der Waals surface area contributed by atoms with Gasteiger partial charge >= 0.3 is 12.0 Å². The van der Waals surface area contributed by atoms with Crippen LogP contribution in [0.2, 0.25) is 0 Å². The van der Waals surface area contributed by atoms with Gasteiger partial charge in [0.2, 0.25) is 0 Å². The van der Waals surface area contributed by atoms with Crippen LogP contribution in [0.3, 0.4) is 0 Å². The molecule has 1 saturated carbocycles. The van der Waals surface area contributed by atoms with E-state index in [1.807, 2.05) is 0 Å². The molecule has 0 bridgehead atoms. The third kappa shape index (κ3) is 3.31. The molecule has 0 aromatic rings. The van der Waals surface area contributed by atoms with Crippen LogP contribution in [0.25, 0.3) is 0 Å². The van der Waals surface area contributed by atoms with Gasteiger partial charge in [-0.05, 0) is 12.8 Å². The van der Waals surface area contributed by atoms with Gasteiger partial charge in [0.25, 0.3) is 0 Å². The summed E-state index contributed by atoms with van der Waals surface area (Å²) in [5.74, 6) is -0.457. The Labute approximate surface area is 100 Å². The van der Waals surface area contributed by atoms with Gasteiger partial charge in [0.15, 0.2) is 0 Å². The van der Waals surface area contributed by atoms with E-state index in [-0.39, 0.29) is 6.04 Å². The van der Waals surface area contributed by atoms with Crippen LogP contribution in [-0.2, 0) is 14.3 Å². The Balaban J connectivity index is 2.45. The summed E-state index contributed by atoms with van der Waals surface area (Å²) in [6, 6.07) is -0.493. The molecule has 1 aliphatic rings. The molecule has 0 saturated heterocycles. The molecule has 1 rings (SSSR count). The lowest BCUT2D eigenvalue weighted by atomic mass is 9.73. The topological polar surface area (TPSA) is 103 Å². The molecule has 0 heterocycles. The van der Waals surface area contributed by atoms with Crippen molar-refractivity contribution in [1.29, 1.82) is 0 Å². The van der Waals surface area contributed by atoms with E-state index in [2.05, 4.69) is 15.4 Å². The fourth-order valence-corrected chi connectivity index (χ4v) is 1.88. The summed E-state index contributed by atoms with van der Waals surface area (Å²) in [6.07, 6.45) is 0.800. The van der Waals surface area contributed by atoms with E-state index in [9.17, 15) is 9.59 Å². The normalized spacial score (nSPS) is 26.9. The number of carbonyl (C=O) groups is 2. The Bertz CT molecular complexity index is 289. The van der Waals surface area contributed by atoms with E-state index < -0.39 is 17.5 Å². The summed E-state index contributed by atoms with van der Waals surface area (Å²) in [4.78, 5) is 23.1.